The van der Waals surface area contributed by atoms with Gasteiger partial charge in [0.2, 0.25) is 0 Å². The molecule has 2 rings (SSSR count). The average Bonchev–Trinajstić information content (AvgIpc) is 2.90. The summed E-state index contributed by atoms with van der Waals surface area (Å²) in [6.07, 6.45) is 7.13. The third-order valence-electron chi connectivity index (χ3n) is 4.50. The smallest absolute Gasteiger partial charge is 0.0590 e. The zero-order valence-electron chi connectivity index (χ0n) is 10.9. The summed E-state index contributed by atoms with van der Waals surface area (Å²) >= 11 is 0. The van der Waals surface area contributed by atoms with Crippen LogP contribution in [0.1, 0.15) is 46.0 Å². The predicted molar refractivity (Wildman–Crippen MR) is 67.5 cm³/mol. The summed E-state index contributed by atoms with van der Waals surface area (Å²) in [6.45, 7) is 7.33. The third-order valence-corrected chi connectivity index (χ3v) is 4.50. The maximum absolute atomic E-state index is 5.50. The van der Waals surface area contributed by atoms with Crippen molar-refractivity contribution in [3.8, 4) is 0 Å². The second kappa shape index (κ2) is 6.02. The topological polar surface area (TPSA) is 21.3 Å². The van der Waals surface area contributed by atoms with Crippen LogP contribution in [0.4, 0.5) is 0 Å². The van der Waals surface area contributed by atoms with Crippen molar-refractivity contribution >= 4 is 0 Å². The van der Waals surface area contributed by atoms with Gasteiger partial charge in [0.25, 0.3) is 0 Å². The van der Waals surface area contributed by atoms with E-state index in [1.807, 2.05) is 0 Å². The molecule has 0 aromatic carbocycles. The van der Waals surface area contributed by atoms with E-state index >= 15 is 0 Å². The van der Waals surface area contributed by atoms with Gasteiger partial charge in [-0.3, -0.25) is 0 Å². The zero-order chi connectivity index (χ0) is 11.4. The lowest BCUT2D eigenvalue weighted by atomic mass is 9.84. The molecule has 0 saturated heterocycles. The van der Waals surface area contributed by atoms with Gasteiger partial charge >= 0.3 is 0 Å². The van der Waals surface area contributed by atoms with Crippen LogP contribution in [0, 0.1) is 17.8 Å². The van der Waals surface area contributed by atoms with Crippen molar-refractivity contribution in [2.45, 2.75) is 52.0 Å². The first-order chi connectivity index (χ1) is 7.81. The van der Waals surface area contributed by atoms with E-state index in [4.69, 9.17) is 4.74 Å². The van der Waals surface area contributed by atoms with Gasteiger partial charge in [-0.15, -0.1) is 0 Å². The van der Waals surface area contributed by atoms with Gasteiger partial charge in [0.15, 0.2) is 0 Å². The Morgan fingerprint density at radius 1 is 1.25 bits per heavy atom. The minimum Gasteiger partial charge on any atom is -0.380 e. The molecule has 16 heavy (non-hydrogen) atoms. The molecule has 0 aromatic heterocycles. The maximum Gasteiger partial charge on any atom is 0.0590 e. The highest BCUT2D eigenvalue weighted by atomic mass is 16.5. The first kappa shape index (κ1) is 12.4. The van der Waals surface area contributed by atoms with Crippen LogP contribution in [0.3, 0.4) is 0 Å². The van der Waals surface area contributed by atoms with Crippen molar-refractivity contribution in [2.24, 2.45) is 17.8 Å². The molecule has 4 atom stereocenters. The normalized spacial score (nSPS) is 34.5. The quantitative estimate of drug-likeness (QED) is 0.673. The molecule has 0 aromatic rings. The molecule has 2 nitrogen and oxygen atoms in total. The minimum absolute atomic E-state index is 0.695. The van der Waals surface area contributed by atoms with E-state index in [1.165, 1.54) is 25.7 Å². The summed E-state index contributed by atoms with van der Waals surface area (Å²) in [7, 11) is 0. The SMILES string of the molecule is CCCOCCNC(C)C1CC2CCC1C2. The standard InChI is InChI=1S/C14H27NO/c1-3-7-16-8-6-15-11(2)14-10-12-4-5-13(14)9-12/h11-15H,3-10H2,1-2H3. The van der Waals surface area contributed by atoms with E-state index in [9.17, 15) is 0 Å². The fourth-order valence-electron chi connectivity index (χ4n) is 3.66. The fourth-order valence-corrected chi connectivity index (χ4v) is 3.66. The molecule has 1 N–H and O–H groups in total. The molecular formula is C14H27NO. The third kappa shape index (κ3) is 2.98. The molecule has 2 heteroatoms. The highest BCUT2D eigenvalue weighted by Crippen LogP contribution is 2.49. The van der Waals surface area contributed by atoms with E-state index in [2.05, 4.69) is 19.2 Å². The van der Waals surface area contributed by atoms with Gasteiger partial charge in [-0.2, -0.15) is 0 Å². The lowest BCUT2D eigenvalue weighted by Crippen LogP contribution is -2.38. The van der Waals surface area contributed by atoms with Crippen molar-refractivity contribution in [3.63, 3.8) is 0 Å². The van der Waals surface area contributed by atoms with Crippen LogP contribution in [-0.4, -0.2) is 25.8 Å². The molecule has 0 amide bonds. The lowest BCUT2D eigenvalue weighted by Gasteiger charge is -2.28. The van der Waals surface area contributed by atoms with Crippen molar-refractivity contribution < 1.29 is 4.74 Å². The highest BCUT2D eigenvalue weighted by molar-refractivity contribution is 4.93. The molecule has 2 aliphatic carbocycles. The van der Waals surface area contributed by atoms with Gasteiger partial charge in [-0.25, -0.2) is 0 Å². The second-order valence-electron chi connectivity index (χ2n) is 5.69. The summed E-state index contributed by atoms with van der Waals surface area (Å²) in [6, 6.07) is 0.695. The van der Waals surface area contributed by atoms with Crippen LogP contribution < -0.4 is 5.32 Å². The van der Waals surface area contributed by atoms with Gasteiger partial charge in [-0.1, -0.05) is 13.3 Å². The predicted octanol–water partition coefficient (Wildman–Crippen LogP) is 2.83. The number of rotatable bonds is 7. The van der Waals surface area contributed by atoms with E-state index in [1.54, 1.807) is 0 Å². The summed E-state index contributed by atoms with van der Waals surface area (Å²) in [5, 5.41) is 3.64. The van der Waals surface area contributed by atoms with Crippen LogP contribution in [-0.2, 0) is 4.74 Å². The number of ether oxygens (including phenoxy) is 1. The first-order valence-corrected chi connectivity index (χ1v) is 7.12. The Morgan fingerprint density at radius 2 is 2.12 bits per heavy atom. The van der Waals surface area contributed by atoms with Crippen molar-refractivity contribution in [1.82, 2.24) is 5.32 Å². The Balaban J connectivity index is 1.59. The highest BCUT2D eigenvalue weighted by Gasteiger charge is 2.41. The summed E-state index contributed by atoms with van der Waals surface area (Å²) in [4.78, 5) is 0. The molecule has 2 fully saturated rings. The van der Waals surface area contributed by atoms with Crippen molar-refractivity contribution in [3.05, 3.63) is 0 Å². The molecule has 0 heterocycles. The Morgan fingerprint density at radius 3 is 2.75 bits per heavy atom. The van der Waals surface area contributed by atoms with Crippen molar-refractivity contribution in [2.75, 3.05) is 19.8 Å². The van der Waals surface area contributed by atoms with E-state index < -0.39 is 0 Å². The van der Waals surface area contributed by atoms with Gasteiger partial charge in [0.1, 0.15) is 0 Å². The van der Waals surface area contributed by atoms with Gasteiger partial charge in [0, 0.05) is 19.2 Å². The minimum atomic E-state index is 0.695. The largest absolute Gasteiger partial charge is 0.380 e. The summed E-state index contributed by atoms with van der Waals surface area (Å²) < 4.78 is 5.50. The van der Waals surface area contributed by atoms with Gasteiger partial charge in [-0.05, 0) is 50.4 Å². The van der Waals surface area contributed by atoms with Crippen molar-refractivity contribution in [1.29, 1.82) is 0 Å². The average molecular weight is 225 g/mol. The molecule has 94 valence electrons. The molecule has 0 spiro atoms. The number of hydrogen-bond acceptors (Lipinski definition) is 2. The Hall–Kier alpha value is -0.0800. The Labute approximate surface area is 100 Å². The first-order valence-electron chi connectivity index (χ1n) is 7.12. The van der Waals surface area contributed by atoms with E-state index in [0.717, 1.165) is 43.9 Å². The molecule has 0 aliphatic heterocycles. The number of nitrogens with one attached hydrogen (secondary N) is 1. The van der Waals surface area contributed by atoms with E-state index in [0.29, 0.717) is 6.04 Å². The zero-order valence-corrected chi connectivity index (χ0v) is 10.9. The number of hydrogen-bond donors (Lipinski definition) is 1. The Bertz CT molecular complexity index is 207. The van der Waals surface area contributed by atoms with Crippen LogP contribution in [0.5, 0.6) is 0 Å². The number of fused-ring (bicyclic) bond motifs is 2. The van der Waals surface area contributed by atoms with Gasteiger partial charge in [0.05, 0.1) is 6.61 Å². The maximum atomic E-state index is 5.50. The van der Waals surface area contributed by atoms with Gasteiger partial charge < -0.3 is 10.1 Å². The van der Waals surface area contributed by atoms with Crippen LogP contribution in [0.15, 0.2) is 0 Å². The monoisotopic (exact) mass is 225 g/mol. The van der Waals surface area contributed by atoms with Crippen LogP contribution >= 0.6 is 0 Å². The summed E-state index contributed by atoms with van der Waals surface area (Å²) in [5.41, 5.74) is 0. The molecule has 0 radical (unpaired) electrons. The van der Waals surface area contributed by atoms with Crippen LogP contribution in [0.2, 0.25) is 0 Å². The fraction of sp³-hybridized carbons (Fsp3) is 1.00. The molecule has 4 unspecified atom stereocenters. The molecule has 2 aliphatic rings. The molecule has 2 bridgehead atoms. The Kier molecular flexibility index (Phi) is 4.66. The van der Waals surface area contributed by atoms with Crippen LogP contribution in [0.25, 0.3) is 0 Å². The lowest BCUT2D eigenvalue weighted by molar-refractivity contribution is 0.130. The molecule has 2 saturated carbocycles. The summed E-state index contributed by atoms with van der Waals surface area (Å²) in [5.74, 6) is 3.05. The second-order valence-corrected chi connectivity index (χ2v) is 5.69. The van der Waals surface area contributed by atoms with E-state index in [-0.39, 0.29) is 0 Å². The molecular weight excluding hydrogens is 198 g/mol.